The molecule has 1 saturated carbocycles. The standard InChI is InChI=1S/C18H25BrO/c1-12(2)13-7-8-17(19)15(9-13)11-16-10-14-5-3-4-6-18(14)20-16/h3-6,12-13,15-17H,7-11H2,1-2H3. The zero-order valence-electron chi connectivity index (χ0n) is 12.5. The summed E-state index contributed by atoms with van der Waals surface area (Å²) < 4.78 is 6.13. The van der Waals surface area contributed by atoms with Crippen molar-refractivity contribution >= 4 is 15.9 Å². The van der Waals surface area contributed by atoms with Crippen LogP contribution >= 0.6 is 15.9 Å². The largest absolute Gasteiger partial charge is 0.490 e. The van der Waals surface area contributed by atoms with Crippen molar-refractivity contribution in [2.45, 2.75) is 56.9 Å². The lowest BCUT2D eigenvalue weighted by Gasteiger charge is -2.36. The number of fused-ring (bicyclic) bond motifs is 1. The van der Waals surface area contributed by atoms with Crippen LogP contribution in [0.25, 0.3) is 0 Å². The number of halogens is 1. The Morgan fingerprint density at radius 2 is 2.05 bits per heavy atom. The molecule has 0 N–H and O–H groups in total. The minimum absolute atomic E-state index is 0.392. The van der Waals surface area contributed by atoms with E-state index in [1.54, 1.807) is 0 Å². The maximum absolute atomic E-state index is 6.13. The van der Waals surface area contributed by atoms with E-state index in [1.807, 2.05) is 0 Å². The summed E-state index contributed by atoms with van der Waals surface area (Å²) in [6.07, 6.45) is 6.77. The lowest BCUT2D eigenvalue weighted by atomic mass is 9.74. The van der Waals surface area contributed by atoms with Crippen LogP contribution in [0.15, 0.2) is 24.3 Å². The van der Waals surface area contributed by atoms with Crippen LogP contribution in [0.3, 0.4) is 0 Å². The second-order valence-corrected chi connectivity index (χ2v) is 8.06. The van der Waals surface area contributed by atoms with Crippen molar-refractivity contribution in [3.05, 3.63) is 29.8 Å². The predicted octanol–water partition coefficient (Wildman–Crippen LogP) is 5.22. The molecule has 3 rings (SSSR count). The fraction of sp³-hybridized carbons (Fsp3) is 0.667. The topological polar surface area (TPSA) is 9.23 Å². The highest BCUT2D eigenvalue weighted by Crippen LogP contribution is 2.41. The van der Waals surface area contributed by atoms with E-state index < -0.39 is 0 Å². The maximum atomic E-state index is 6.13. The van der Waals surface area contributed by atoms with E-state index in [2.05, 4.69) is 54.0 Å². The van der Waals surface area contributed by atoms with Crippen LogP contribution < -0.4 is 4.74 Å². The first kappa shape index (κ1) is 14.4. The first-order valence-corrected chi connectivity index (χ1v) is 8.93. The molecule has 1 heterocycles. The summed E-state index contributed by atoms with van der Waals surface area (Å²) >= 11 is 3.92. The first-order chi connectivity index (χ1) is 9.63. The van der Waals surface area contributed by atoms with Gasteiger partial charge in [0.1, 0.15) is 11.9 Å². The summed E-state index contributed by atoms with van der Waals surface area (Å²) in [4.78, 5) is 0.685. The summed E-state index contributed by atoms with van der Waals surface area (Å²) in [5, 5.41) is 0. The third-order valence-electron chi connectivity index (χ3n) is 5.15. The smallest absolute Gasteiger partial charge is 0.123 e. The number of rotatable bonds is 3. The molecule has 2 heteroatoms. The van der Waals surface area contributed by atoms with Crippen molar-refractivity contribution in [1.29, 1.82) is 0 Å². The Balaban J connectivity index is 1.60. The molecule has 0 spiro atoms. The lowest BCUT2D eigenvalue weighted by molar-refractivity contribution is 0.148. The molecule has 110 valence electrons. The van der Waals surface area contributed by atoms with Crippen LogP contribution in [0.5, 0.6) is 5.75 Å². The number of alkyl halides is 1. The molecule has 1 aromatic rings. The molecule has 0 aromatic heterocycles. The molecule has 0 bridgehead atoms. The van der Waals surface area contributed by atoms with Gasteiger partial charge in [-0.15, -0.1) is 0 Å². The van der Waals surface area contributed by atoms with Gasteiger partial charge in [-0.2, -0.15) is 0 Å². The van der Waals surface area contributed by atoms with Gasteiger partial charge >= 0.3 is 0 Å². The Morgan fingerprint density at radius 3 is 2.80 bits per heavy atom. The molecular formula is C18H25BrO. The number of hydrogen-bond donors (Lipinski definition) is 0. The number of ether oxygens (including phenoxy) is 1. The minimum Gasteiger partial charge on any atom is -0.490 e. The highest BCUT2D eigenvalue weighted by atomic mass is 79.9. The highest BCUT2D eigenvalue weighted by Gasteiger charge is 2.34. The van der Waals surface area contributed by atoms with Gasteiger partial charge in [0.2, 0.25) is 0 Å². The molecule has 1 aliphatic heterocycles. The number of hydrogen-bond acceptors (Lipinski definition) is 1. The van der Waals surface area contributed by atoms with E-state index in [9.17, 15) is 0 Å². The van der Waals surface area contributed by atoms with Gasteiger partial charge in [-0.05, 0) is 55.1 Å². The van der Waals surface area contributed by atoms with Gasteiger partial charge in [0.05, 0.1) is 0 Å². The van der Waals surface area contributed by atoms with Gasteiger partial charge < -0.3 is 4.74 Å². The maximum Gasteiger partial charge on any atom is 0.123 e. The van der Waals surface area contributed by atoms with Crippen LogP contribution in [-0.4, -0.2) is 10.9 Å². The normalized spacial score (nSPS) is 33.0. The van der Waals surface area contributed by atoms with Crippen molar-refractivity contribution < 1.29 is 4.74 Å². The lowest BCUT2D eigenvalue weighted by Crippen LogP contribution is -2.31. The molecule has 0 radical (unpaired) electrons. The van der Waals surface area contributed by atoms with Crippen LogP contribution in [-0.2, 0) is 6.42 Å². The average molecular weight is 337 g/mol. The Morgan fingerprint density at radius 1 is 1.25 bits per heavy atom. The van der Waals surface area contributed by atoms with Crippen molar-refractivity contribution in [2.24, 2.45) is 17.8 Å². The fourth-order valence-corrected chi connectivity index (χ4v) is 4.53. The second kappa shape index (κ2) is 6.09. The SMILES string of the molecule is CC(C)C1CCC(Br)C(CC2Cc3ccccc3O2)C1. The zero-order valence-corrected chi connectivity index (χ0v) is 14.1. The number of para-hydroxylation sites is 1. The van der Waals surface area contributed by atoms with Crippen molar-refractivity contribution in [3.8, 4) is 5.75 Å². The number of benzene rings is 1. The van der Waals surface area contributed by atoms with Gasteiger partial charge in [0, 0.05) is 11.2 Å². The average Bonchev–Trinajstić information content (AvgIpc) is 2.83. The van der Waals surface area contributed by atoms with E-state index >= 15 is 0 Å². The molecule has 2 aliphatic rings. The molecule has 0 saturated heterocycles. The second-order valence-electron chi connectivity index (χ2n) is 6.88. The Kier molecular flexibility index (Phi) is 4.40. The summed E-state index contributed by atoms with van der Waals surface area (Å²) in [5.74, 6) is 3.60. The molecule has 1 aromatic carbocycles. The molecule has 4 unspecified atom stereocenters. The van der Waals surface area contributed by atoms with E-state index in [-0.39, 0.29) is 0 Å². The van der Waals surface area contributed by atoms with Crippen LogP contribution in [0.4, 0.5) is 0 Å². The summed E-state index contributed by atoms with van der Waals surface area (Å²) in [6, 6.07) is 8.51. The van der Waals surface area contributed by atoms with E-state index in [1.165, 1.54) is 31.2 Å². The van der Waals surface area contributed by atoms with Crippen LogP contribution in [0, 0.1) is 17.8 Å². The zero-order chi connectivity index (χ0) is 14.1. The first-order valence-electron chi connectivity index (χ1n) is 8.02. The van der Waals surface area contributed by atoms with Crippen LogP contribution in [0.2, 0.25) is 0 Å². The Bertz CT molecular complexity index is 431. The van der Waals surface area contributed by atoms with Crippen molar-refractivity contribution in [1.82, 2.24) is 0 Å². The monoisotopic (exact) mass is 336 g/mol. The summed E-state index contributed by atoms with van der Waals surface area (Å²) in [5.41, 5.74) is 1.39. The summed E-state index contributed by atoms with van der Waals surface area (Å²) in [6.45, 7) is 4.75. The third-order valence-corrected chi connectivity index (χ3v) is 6.36. The molecular weight excluding hydrogens is 312 g/mol. The van der Waals surface area contributed by atoms with Crippen LogP contribution in [0.1, 0.15) is 45.1 Å². The predicted molar refractivity (Wildman–Crippen MR) is 87.6 cm³/mol. The Hall–Kier alpha value is -0.500. The van der Waals surface area contributed by atoms with Gasteiger partial charge in [-0.1, -0.05) is 48.0 Å². The quantitative estimate of drug-likeness (QED) is 0.688. The fourth-order valence-electron chi connectivity index (χ4n) is 3.84. The molecule has 1 fully saturated rings. The Labute approximate surface area is 131 Å². The molecule has 20 heavy (non-hydrogen) atoms. The molecule has 1 nitrogen and oxygen atoms in total. The van der Waals surface area contributed by atoms with Crippen molar-refractivity contribution in [2.75, 3.05) is 0 Å². The molecule has 0 amide bonds. The molecule has 1 aliphatic carbocycles. The summed E-state index contributed by atoms with van der Waals surface area (Å²) in [7, 11) is 0. The van der Waals surface area contributed by atoms with Gasteiger partial charge in [-0.3, -0.25) is 0 Å². The molecule has 4 atom stereocenters. The van der Waals surface area contributed by atoms with E-state index in [4.69, 9.17) is 4.74 Å². The third kappa shape index (κ3) is 3.05. The minimum atomic E-state index is 0.392. The van der Waals surface area contributed by atoms with Gasteiger partial charge in [0.25, 0.3) is 0 Å². The van der Waals surface area contributed by atoms with E-state index in [0.717, 1.165) is 29.9 Å². The van der Waals surface area contributed by atoms with Crippen molar-refractivity contribution in [3.63, 3.8) is 0 Å². The van der Waals surface area contributed by atoms with Gasteiger partial charge in [-0.25, -0.2) is 0 Å². The van der Waals surface area contributed by atoms with Gasteiger partial charge in [0.15, 0.2) is 0 Å². The highest BCUT2D eigenvalue weighted by molar-refractivity contribution is 9.09. The van der Waals surface area contributed by atoms with E-state index in [0.29, 0.717) is 10.9 Å².